The summed E-state index contributed by atoms with van der Waals surface area (Å²) in [5, 5.41) is 9.87. The van der Waals surface area contributed by atoms with Crippen molar-refractivity contribution in [2.45, 2.75) is 12.5 Å². The zero-order valence-electron chi connectivity index (χ0n) is 15.2. The number of thiophene rings is 1. The van der Waals surface area contributed by atoms with E-state index in [1.807, 2.05) is 30.3 Å². The molecular formula is C20H12FN3O2Pb2S. The van der Waals surface area contributed by atoms with Crippen LogP contribution in [0.5, 0.6) is 0 Å². The fraction of sp³-hybridized carbons (Fsp3) is 0.150. The Balaban J connectivity index is 1.76. The molecule has 0 saturated carbocycles. The third-order valence-corrected chi connectivity index (χ3v) is 6.80. The quantitative estimate of drug-likeness (QED) is 0.236. The Morgan fingerprint density at radius 1 is 1.31 bits per heavy atom. The van der Waals surface area contributed by atoms with Crippen molar-refractivity contribution in [2.24, 2.45) is 12.0 Å². The zero-order chi connectivity index (χ0) is 20.7. The first-order chi connectivity index (χ1) is 13.9. The van der Waals surface area contributed by atoms with Crippen LogP contribution < -0.4 is 5.76 Å². The number of benzene rings is 2. The molecular weight excluding hydrogens is 780 g/mol. The predicted octanol–water partition coefficient (Wildman–Crippen LogP) is 3.28. The van der Waals surface area contributed by atoms with E-state index < -0.39 is 11.8 Å². The van der Waals surface area contributed by atoms with Crippen LogP contribution in [-0.4, -0.2) is 63.0 Å². The molecule has 5 nitrogen and oxygen atoms in total. The maximum absolute atomic E-state index is 15.1. The van der Waals surface area contributed by atoms with Crippen molar-refractivity contribution in [3.63, 3.8) is 0 Å². The van der Waals surface area contributed by atoms with Gasteiger partial charge in [-0.05, 0) is 0 Å². The molecule has 1 unspecified atom stereocenters. The third-order valence-electron chi connectivity index (χ3n) is 4.63. The number of rotatable bonds is 4. The van der Waals surface area contributed by atoms with Crippen molar-refractivity contribution >= 4 is 84.9 Å². The fourth-order valence-electron chi connectivity index (χ4n) is 3.19. The molecule has 2 aromatic heterocycles. The summed E-state index contributed by atoms with van der Waals surface area (Å²) in [5.74, 6) is -0.689. The van der Waals surface area contributed by atoms with E-state index in [2.05, 4.69) is 11.1 Å². The van der Waals surface area contributed by atoms with Crippen LogP contribution in [-0.2, 0) is 13.5 Å². The number of hydrogen-bond donors (Lipinski definition) is 0. The van der Waals surface area contributed by atoms with Gasteiger partial charge in [-0.3, -0.25) is 4.57 Å². The second-order valence-electron chi connectivity index (χ2n) is 6.49. The molecule has 0 aliphatic heterocycles. The number of aryl methyl sites for hydroxylation is 1. The third kappa shape index (κ3) is 4.11. The summed E-state index contributed by atoms with van der Waals surface area (Å²) >= 11 is 3.07. The van der Waals surface area contributed by atoms with E-state index in [1.54, 1.807) is 13.1 Å². The molecule has 0 spiro atoms. The van der Waals surface area contributed by atoms with Gasteiger partial charge < -0.3 is 4.42 Å². The first kappa shape index (κ1) is 20.9. The normalized spacial score (nSPS) is 12.2. The fourth-order valence-corrected chi connectivity index (χ4v) is 5.50. The van der Waals surface area contributed by atoms with Gasteiger partial charge in [0.1, 0.15) is 0 Å². The number of nitrogens with zero attached hydrogens (tertiary/aromatic N) is 3. The topological polar surface area (TPSA) is 71.3 Å². The van der Waals surface area contributed by atoms with Crippen LogP contribution in [0, 0.1) is 17.1 Å². The van der Waals surface area contributed by atoms with Crippen LogP contribution in [0.3, 0.4) is 0 Å². The Kier molecular flexibility index (Phi) is 6.03. The minimum absolute atomic E-state index is 0.276. The number of oxazole rings is 1. The van der Waals surface area contributed by atoms with Gasteiger partial charge >= 0.3 is 176 Å². The molecule has 0 saturated heterocycles. The van der Waals surface area contributed by atoms with Gasteiger partial charge in [0.15, 0.2) is 5.58 Å². The van der Waals surface area contributed by atoms with Crippen LogP contribution >= 0.6 is 11.3 Å². The molecule has 6 radical (unpaired) electrons. The Morgan fingerprint density at radius 3 is 2.76 bits per heavy atom. The summed E-state index contributed by atoms with van der Waals surface area (Å²) in [4.78, 5) is 16.7. The second-order valence-corrected chi connectivity index (χ2v) is 18.9. The second kappa shape index (κ2) is 8.39. The Labute approximate surface area is 201 Å². The molecule has 4 rings (SSSR count). The molecule has 0 fully saturated rings. The monoisotopic (exact) mass is 793 g/mol. The zero-order valence-corrected chi connectivity index (χ0v) is 23.8. The van der Waals surface area contributed by atoms with Gasteiger partial charge in [-0.25, -0.2) is 4.79 Å². The molecule has 1 atom stereocenters. The summed E-state index contributed by atoms with van der Waals surface area (Å²) in [6.07, 6.45) is 0.300. The van der Waals surface area contributed by atoms with Gasteiger partial charge in [-0.2, -0.15) is 0 Å². The number of nitriles is 1. The van der Waals surface area contributed by atoms with E-state index in [9.17, 15) is 10.1 Å². The molecule has 0 amide bonds. The van der Waals surface area contributed by atoms with Gasteiger partial charge in [0.05, 0.1) is 0 Å². The molecule has 0 aliphatic rings. The first-order valence-corrected chi connectivity index (χ1v) is 13.3. The van der Waals surface area contributed by atoms with Gasteiger partial charge in [0.2, 0.25) is 0 Å². The first-order valence-electron chi connectivity index (χ1n) is 8.59. The average Bonchev–Trinajstić information content (AvgIpc) is 3.16. The molecule has 0 N–H and O–H groups in total. The molecule has 140 valence electrons. The van der Waals surface area contributed by atoms with E-state index >= 15 is 4.39 Å². The van der Waals surface area contributed by atoms with E-state index in [4.69, 9.17) is 4.42 Å². The maximum atomic E-state index is 15.1. The summed E-state index contributed by atoms with van der Waals surface area (Å²) in [5.41, 5.74) is 2.94. The van der Waals surface area contributed by atoms with E-state index in [-0.39, 0.29) is 5.82 Å². The standard InChI is InChI=1S/C20H12FN3O2S.2Pb/c1-23-13(10-22)9-18-19(21)14-7-11(4-6-17(14)27-18)12-3-5-16-15(8-12)24(2)20(25)26-16;;/h3-8,13H,9H2,2H3;;. The van der Waals surface area contributed by atoms with Crippen LogP contribution in [0.25, 0.3) is 32.3 Å². The number of fused-ring (bicyclic) bond motifs is 2. The predicted molar refractivity (Wildman–Crippen MR) is 114 cm³/mol. The minimum atomic E-state index is -0.521. The Hall–Kier alpha value is -1.40. The SMILES string of the molecule is Cn1c(=O)oc2ccc(-c3ccc4sc(CC(C#N)N=[C]([Pb])[Pb])c(F)c4c3)cc21. The van der Waals surface area contributed by atoms with Gasteiger partial charge in [-0.1, -0.05) is 0 Å². The molecule has 0 aliphatic carbocycles. The van der Waals surface area contributed by atoms with Crippen LogP contribution in [0.4, 0.5) is 4.39 Å². The van der Waals surface area contributed by atoms with E-state index in [0.717, 1.165) is 68.2 Å². The summed E-state index contributed by atoms with van der Waals surface area (Å²) in [6, 6.07) is 12.8. The Bertz CT molecular complexity index is 1380. The van der Waals surface area contributed by atoms with E-state index in [1.165, 1.54) is 15.9 Å². The molecule has 4 aromatic rings. The molecule has 29 heavy (non-hydrogen) atoms. The van der Waals surface area contributed by atoms with Crippen molar-refractivity contribution in [2.75, 3.05) is 0 Å². The van der Waals surface area contributed by atoms with Crippen molar-refractivity contribution in [1.82, 2.24) is 4.57 Å². The molecule has 9 heteroatoms. The molecule has 0 bridgehead atoms. The number of aliphatic imine (C=N–C) groups is 1. The van der Waals surface area contributed by atoms with Crippen molar-refractivity contribution in [1.29, 1.82) is 5.26 Å². The van der Waals surface area contributed by atoms with Crippen LogP contribution in [0.2, 0.25) is 0 Å². The van der Waals surface area contributed by atoms with Gasteiger partial charge in [-0.15, -0.1) is 0 Å². The molecule has 2 heterocycles. The van der Waals surface area contributed by atoms with Crippen molar-refractivity contribution < 1.29 is 8.81 Å². The number of aromatic nitrogens is 1. The van der Waals surface area contributed by atoms with E-state index in [0.29, 0.717) is 27.8 Å². The Morgan fingerprint density at radius 2 is 2.03 bits per heavy atom. The summed E-state index contributed by atoms with van der Waals surface area (Å²) in [7, 11) is 1.66. The summed E-state index contributed by atoms with van der Waals surface area (Å²) in [6.45, 7) is 0. The van der Waals surface area contributed by atoms with Crippen LogP contribution in [0.1, 0.15) is 4.88 Å². The number of halogens is 1. The average molecular weight is 792 g/mol. The van der Waals surface area contributed by atoms with Gasteiger partial charge in [0, 0.05) is 7.05 Å². The molecule has 2 aromatic carbocycles. The van der Waals surface area contributed by atoms with Crippen molar-refractivity contribution in [3.8, 4) is 17.2 Å². The number of hydrogen-bond acceptors (Lipinski definition) is 5. The summed E-state index contributed by atoms with van der Waals surface area (Å²) < 4.78 is 23.6. The van der Waals surface area contributed by atoms with Crippen molar-refractivity contribution in [3.05, 3.63) is 57.6 Å². The van der Waals surface area contributed by atoms with Crippen LogP contribution in [0.15, 0.2) is 50.6 Å². The van der Waals surface area contributed by atoms with Gasteiger partial charge in [0.25, 0.3) is 0 Å².